The second-order valence-electron chi connectivity index (χ2n) is 5.01. The van der Waals surface area contributed by atoms with Gasteiger partial charge in [0.2, 0.25) is 0 Å². The molecule has 2 aromatic carbocycles. The number of hydrazine groups is 1. The fourth-order valence-electron chi connectivity index (χ4n) is 2.57. The zero-order valence-corrected chi connectivity index (χ0v) is 12.1. The number of nitrogens with two attached hydrogens (primary N) is 1. The van der Waals surface area contributed by atoms with Crippen LogP contribution < -0.4 is 16.0 Å². The summed E-state index contributed by atoms with van der Waals surface area (Å²) in [6, 6.07) is 15.7. The van der Waals surface area contributed by atoms with Crippen LogP contribution in [0.4, 0.5) is 0 Å². The van der Waals surface area contributed by atoms with Gasteiger partial charge in [0.05, 0.1) is 7.11 Å². The van der Waals surface area contributed by atoms with Crippen molar-refractivity contribution in [3.63, 3.8) is 0 Å². The average Bonchev–Trinajstić information content (AvgIpc) is 2.93. The second kappa shape index (κ2) is 5.60. The lowest BCUT2D eigenvalue weighted by Gasteiger charge is -2.17. The molecule has 21 heavy (non-hydrogen) atoms. The lowest BCUT2D eigenvalue weighted by Crippen LogP contribution is -2.29. The second-order valence-corrected chi connectivity index (χ2v) is 5.01. The van der Waals surface area contributed by atoms with Crippen LogP contribution in [0.5, 0.6) is 5.75 Å². The van der Waals surface area contributed by atoms with E-state index in [0.717, 1.165) is 33.6 Å². The van der Waals surface area contributed by atoms with Crippen LogP contribution >= 0.6 is 0 Å². The van der Waals surface area contributed by atoms with E-state index in [0.29, 0.717) is 0 Å². The minimum Gasteiger partial charge on any atom is -0.497 e. The molecule has 0 spiro atoms. The molecule has 0 fully saturated rings. The summed E-state index contributed by atoms with van der Waals surface area (Å²) in [5.74, 6) is 7.39. The van der Waals surface area contributed by atoms with E-state index in [4.69, 9.17) is 15.0 Å². The summed E-state index contributed by atoms with van der Waals surface area (Å²) in [6.45, 7) is 2.03. The average molecular weight is 282 g/mol. The Morgan fingerprint density at radius 2 is 1.95 bits per heavy atom. The smallest absolute Gasteiger partial charge is 0.134 e. The Morgan fingerprint density at radius 3 is 2.62 bits per heavy atom. The largest absolute Gasteiger partial charge is 0.497 e. The van der Waals surface area contributed by atoms with E-state index >= 15 is 0 Å². The molecule has 0 aliphatic carbocycles. The van der Waals surface area contributed by atoms with Gasteiger partial charge in [-0.1, -0.05) is 24.3 Å². The van der Waals surface area contributed by atoms with Crippen molar-refractivity contribution >= 4 is 11.0 Å². The number of fused-ring (bicyclic) bond motifs is 1. The minimum absolute atomic E-state index is 0.191. The van der Waals surface area contributed by atoms with E-state index in [2.05, 4.69) is 5.43 Å². The Hall–Kier alpha value is -2.30. The molecule has 0 bridgehead atoms. The lowest BCUT2D eigenvalue weighted by molar-refractivity contribution is 0.413. The number of benzene rings is 2. The summed E-state index contributed by atoms with van der Waals surface area (Å²) in [6.07, 6.45) is 0. The van der Waals surface area contributed by atoms with E-state index in [-0.39, 0.29) is 6.04 Å². The number of aryl methyl sites for hydroxylation is 1. The van der Waals surface area contributed by atoms with Crippen LogP contribution in [0, 0.1) is 6.92 Å². The van der Waals surface area contributed by atoms with Gasteiger partial charge in [-0.25, -0.2) is 5.43 Å². The lowest BCUT2D eigenvalue weighted by atomic mass is 9.99. The van der Waals surface area contributed by atoms with Gasteiger partial charge in [-0.05, 0) is 42.3 Å². The van der Waals surface area contributed by atoms with Crippen molar-refractivity contribution in [2.75, 3.05) is 7.11 Å². The number of hydrogen-bond acceptors (Lipinski definition) is 4. The van der Waals surface area contributed by atoms with Crippen molar-refractivity contribution in [1.29, 1.82) is 0 Å². The van der Waals surface area contributed by atoms with E-state index in [1.807, 2.05) is 55.5 Å². The molecule has 1 aromatic heterocycles. The summed E-state index contributed by atoms with van der Waals surface area (Å²) in [5.41, 5.74) is 5.86. The third kappa shape index (κ3) is 2.51. The molecule has 3 aromatic rings. The zero-order valence-electron chi connectivity index (χ0n) is 12.1. The minimum atomic E-state index is -0.191. The van der Waals surface area contributed by atoms with Crippen molar-refractivity contribution in [3.05, 3.63) is 65.4 Å². The first kappa shape index (κ1) is 13.7. The van der Waals surface area contributed by atoms with Gasteiger partial charge in [0.1, 0.15) is 23.1 Å². The van der Waals surface area contributed by atoms with Crippen LogP contribution in [-0.4, -0.2) is 7.11 Å². The Balaban J connectivity index is 2.05. The van der Waals surface area contributed by atoms with Gasteiger partial charge in [-0.3, -0.25) is 5.84 Å². The summed E-state index contributed by atoms with van der Waals surface area (Å²) >= 11 is 0. The first-order valence-corrected chi connectivity index (χ1v) is 6.82. The Bertz CT molecular complexity index is 731. The molecular formula is C17H18N2O2. The third-order valence-electron chi connectivity index (χ3n) is 3.68. The molecule has 0 aliphatic heterocycles. The molecule has 108 valence electrons. The van der Waals surface area contributed by atoms with Gasteiger partial charge in [0.25, 0.3) is 0 Å². The van der Waals surface area contributed by atoms with Gasteiger partial charge in [0.15, 0.2) is 0 Å². The number of hydrogen-bond donors (Lipinski definition) is 2. The normalized spacial score (nSPS) is 12.5. The number of rotatable bonds is 4. The Kier molecular flexibility index (Phi) is 3.64. The first-order valence-electron chi connectivity index (χ1n) is 6.82. The van der Waals surface area contributed by atoms with Gasteiger partial charge in [0, 0.05) is 5.39 Å². The molecule has 1 atom stereocenters. The van der Waals surface area contributed by atoms with Crippen LogP contribution in [0.25, 0.3) is 11.0 Å². The topological polar surface area (TPSA) is 60.4 Å². The number of furan rings is 1. The van der Waals surface area contributed by atoms with Crippen molar-refractivity contribution in [2.24, 2.45) is 5.84 Å². The summed E-state index contributed by atoms with van der Waals surface area (Å²) in [5, 5.41) is 1.07. The van der Waals surface area contributed by atoms with E-state index in [1.54, 1.807) is 7.11 Å². The van der Waals surface area contributed by atoms with E-state index in [1.165, 1.54) is 0 Å². The monoisotopic (exact) mass is 282 g/mol. The maximum Gasteiger partial charge on any atom is 0.134 e. The quantitative estimate of drug-likeness (QED) is 0.569. The molecule has 0 saturated heterocycles. The molecule has 1 heterocycles. The highest BCUT2D eigenvalue weighted by molar-refractivity contribution is 5.78. The molecule has 0 amide bonds. The number of para-hydroxylation sites is 1. The van der Waals surface area contributed by atoms with Crippen molar-refractivity contribution in [2.45, 2.75) is 13.0 Å². The molecule has 4 heteroatoms. The fraction of sp³-hybridized carbons (Fsp3) is 0.176. The van der Waals surface area contributed by atoms with Gasteiger partial charge < -0.3 is 9.15 Å². The fourth-order valence-corrected chi connectivity index (χ4v) is 2.57. The third-order valence-corrected chi connectivity index (χ3v) is 3.68. The molecule has 3 rings (SSSR count). The number of methoxy groups -OCH3 is 1. The number of ether oxygens (including phenoxy) is 1. The van der Waals surface area contributed by atoms with Crippen molar-refractivity contribution in [3.8, 4) is 5.75 Å². The molecule has 1 unspecified atom stereocenters. The van der Waals surface area contributed by atoms with Crippen LogP contribution in [0.2, 0.25) is 0 Å². The summed E-state index contributed by atoms with van der Waals surface area (Å²) in [4.78, 5) is 0. The molecule has 0 aliphatic rings. The molecule has 0 saturated carbocycles. The van der Waals surface area contributed by atoms with Crippen LogP contribution in [-0.2, 0) is 0 Å². The Labute approximate surface area is 123 Å². The maximum absolute atomic E-state index is 5.91. The highest BCUT2D eigenvalue weighted by Crippen LogP contribution is 2.30. The molecule has 0 radical (unpaired) electrons. The van der Waals surface area contributed by atoms with Gasteiger partial charge in [-0.2, -0.15) is 0 Å². The van der Waals surface area contributed by atoms with Crippen molar-refractivity contribution < 1.29 is 9.15 Å². The molecular weight excluding hydrogens is 264 g/mol. The standard InChI is InChI=1S/C17H18N2O2/c1-11-9-13(20-2)7-8-14(11)17(19-18)16-10-12-5-3-4-6-15(12)21-16/h3-10,17,19H,18H2,1-2H3. The molecule has 3 N–H and O–H groups in total. The van der Waals surface area contributed by atoms with Gasteiger partial charge >= 0.3 is 0 Å². The predicted molar refractivity (Wildman–Crippen MR) is 83.1 cm³/mol. The summed E-state index contributed by atoms with van der Waals surface area (Å²) in [7, 11) is 1.66. The highest BCUT2D eigenvalue weighted by atomic mass is 16.5. The Morgan fingerprint density at radius 1 is 1.14 bits per heavy atom. The van der Waals surface area contributed by atoms with E-state index in [9.17, 15) is 0 Å². The highest BCUT2D eigenvalue weighted by Gasteiger charge is 2.19. The van der Waals surface area contributed by atoms with E-state index < -0.39 is 0 Å². The first-order chi connectivity index (χ1) is 10.2. The van der Waals surface area contributed by atoms with Crippen LogP contribution in [0.1, 0.15) is 22.9 Å². The summed E-state index contributed by atoms with van der Waals surface area (Å²) < 4.78 is 11.2. The van der Waals surface area contributed by atoms with Crippen molar-refractivity contribution in [1.82, 2.24) is 5.43 Å². The van der Waals surface area contributed by atoms with Crippen LogP contribution in [0.3, 0.4) is 0 Å². The maximum atomic E-state index is 5.91. The predicted octanol–water partition coefficient (Wildman–Crippen LogP) is 3.30. The van der Waals surface area contributed by atoms with Gasteiger partial charge in [-0.15, -0.1) is 0 Å². The van der Waals surface area contributed by atoms with Crippen LogP contribution in [0.15, 0.2) is 52.9 Å². The number of nitrogens with one attached hydrogen (secondary N) is 1. The zero-order chi connectivity index (χ0) is 14.8. The SMILES string of the molecule is COc1ccc(C(NN)c2cc3ccccc3o2)c(C)c1. The molecule has 4 nitrogen and oxygen atoms in total.